The SMILES string of the molecule is COc1cccc(NC(=O)c2ccc(N3C(=O)[C@H]4C5c6ccccc6C(c6ccccc65)[C@]4(C)C3=O)cc2)c1. The summed E-state index contributed by atoms with van der Waals surface area (Å²) in [6.07, 6.45) is 0. The summed E-state index contributed by atoms with van der Waals surface area (Å²) in [5.74, 6) is -0.895. The van der Waals surface area contributed by atoms with Gasteiger partial charge >= 0.3 is 0 Å². The molecule has 2 bridgehead atoms. The van der Waals surface area contributed by atoms with Crippen molar-refractivity contribution in [3.05, 3.63) is 125 Å². The van der Waals surface area contributed by atoms with Gasteiger partial charge in [-0.1, -0.05) is 54.6 Å². The van der Waals surface area contributed by atoms with Crippen LogP contribution < -0.4 is 15.0 Å². The zero-order chi connectivity index (χ0) is 26.9. The minimum absolute atomic E-state index is 0.179. The lowest BCUT2D eigenvalue weighted by Gasteiger charge is -2.51. The van der Waals surface area contributed by atoms with Gasteiger partial charge in [0.1, 0.15) is 5.75 Å². The number of carbonyl (C=O) groups is 3. The van der Waals surface area contributed by atoms with E-state index in [0.717, 1.165) is 22.3 Å². The highest BCUT2D eigenvalue weighted by Crippen LogP contribution is 2.67. The lowest BCUT2D eigenvalue weighted by molar-refractivity contribution is -0.128. The maximum Gasteiger partial charge on any atom is 0.255 e. The van der Waals surface area contributed by atoms with Crippen LogP contribution in [0.5, 0.6) is 5.75 Å². The van der Waals surface area contributed by atoms with E-state index in [0.29, 0.717) is 22.7 Å². The number of methoxy groups -OCH3 is 1. The second-order valence-corrected chi connectivity index (χ2v) is 10.6. The van der Waals surface area contributed by atoms with Crippen molar-refractivity contribution in [2.75, 3.05) is 17.3 Å². The molecular weight excluding hydrogens is 488 g/mol. The molecule has 1 N–H and O–H groups in total. The average molecular weight is 515 g/mol. The fraction of sp³-hybridized carbons (Fsp3) is 0.182. The molecular formula is C33H26N2O4. The summed E-state index contributed by atoms with van der Waals surface area (Å²) in [7, 11) is 1.57. The van der Waals surface area contributed by atoms with E-state index in [1.165, 1.54) is 4.90 Å². The van der Waals surface area contributed by atoms with Crippen molar-refractivity contribution < 1.29 is 19.1 Å². The van der Waals surface area contributed by atoms with Gasteiger partial charge in [0.2, 0.25) is 11.8 Å². The number of hydrogen-bond acceptors (Lipinski definition) is 4. The van der Waals surface area contributed by atoms with E-state index in [1.54, 1.807) is 55.6 Å². The van der Waals surface area contributed by atoms with Crippen molar-refractivity contribution in [3.8, 4) is 5.75 Å². The molecule has 3 amide bonds. The summed E-state index contributed by atoms with van der Waals surface area (Å²) in [4.78, 5) is 42.5. The fourth-order valence-corrected chi connectivity index (χ4v) is 7.03. The Morgan fingerprint density at radius 2 is 1.44 bits per heavy atom. The average Bonchev–Trinajstić information content (AvgIpc) is 3.18. The second-order valence-electron chi connectivity index (χ2n) is 10.6. The summed E-state index contributed by atoms with van der Waals surface area (Å²) >= 11 is 0. The first kappa shape index (κ1) is 23.4. The molecule has 0 saturated carbocycles. The zero-order valence-electron chi connectivity index (χ0n) is 21.5. The number of rotatable bonds is 4. The third kappa shape index (κ3) is 3.18. The van der Waals surface area contributed by atoms with Crippen LogP contribution in [0.15, 0.2) is 97.1 Å². The van der Waals surface area contributed by atoms with Crippen LogP contribution in [0.1, 0.15) is 51.4 Å². The number of benzene rings is 4. The molecule has 1 fully saturated rings. The van der Waals surface area contributed by atoms with Crippen molar-refractivity contribution in [2.24, 2.45) is 11.3 Å². The Labute approximate surface area is 226 Å². The molecule has 6 nitrogen and oxygen atoms in total. The Morgan fingerprint density at radius 3 is 2.05 bits per heavy atom. The van der Waals surface area contributed by atoms with E-state index in [9.17, 15) is 14.4 Å². The molecule has 2 atom stereocenters. The van der Waals surface area contributed by atoms with Crippen LogP contribution in [0.4, 0.5) is 11.4 Å². The largest absolute Gasteiger partial charge is 0.497 e. The molecule has 4 aliphatic rings. The molecule has 0 spiro atoms. The minimum Gasteiger partial charge on any atom is -0.497 e. The number of imide groups is 1. The topological polar surface area (TPSA) is 75.7 Å². The molecule has 6 heteroatoms. The summed E-state index contributed by atoms with van der Waals surface area (Å²) in [5.41, 5.74) is 5.15. The van der Waals surface area contributed by atoms with Crippen LogP contribution in [0.25, 0.3) is 0 Å². The van der Waals surface area contributed by atoms with E-state index in [4.69, 9.17) is 4.74 Å². The molecule has 4 aromatic rings. The van der Waals surface area contributed by atoms with Crippen LogP contribution in [-0.4, -0.2) is 24.8 Å². The first-order valence-corrected chi connectivity index (χ1v) is 13.0. The van der Waals surface area contributed by atoms with Gasteiger partial charge in [0.15, 0.2) is 0 Å². The number of nitrogens with one attached hydrogen (secondary N) is 1. The Kier molecular flexibility index (Phi) is 5.04. The molecule has 1 heterocycles. The van der Waals surface area contributed by atoms with Crippen molar-refractivity contribution in [2.45, 2.75) is 18.8 Å². The summed E-state index contributed by atoms with van der Waals surface area (Å²) in [6, 6.07) is 30.2. The van der Waals surface area contributed by atoms with Gasteiger partial charge in [0, 0.05) is 29.2 Å². The summed E-state index contributed by atoms with van der Waals surface area (Å²) in [6.45, 7) is 1.96. The number of amides is 3. The van der Waals surface area contributed by atoms with Gasteiger partial charge in [-0.2, -0.15) is 0 Å². The highest BCUT2D eigenvalue weighted by atomic mass is 16.5. The molecule has 4 aromatic carbocycles. The maximum absolute atomic E-state index is 14.2. The van der Waals surface area contributed by atoms with Gasteiger partial charge in [-0.15, -0.1) is 0 Å². The molecule has 8 rings (SSSR count). The predicted molar refractivity (Wildman–Crippen MR) is 148 cm³/mol. The minimum atomic E-state index is -0.896. The molecule has 0 unspecified atom stereocenters. The number of anilines is 2. The first-order chi connectivity index (χ1) is 18.9. The third-order valence-corrected chi connectivity index (χ3v) is 8.73. The van der Waals surface area contributed by atoms with E-state index in [-0.39, 0.29) is 29.6 Å². The molecule has 192 valence electrons. The standard InChI is InChI=1S/C33H26N2O4/c1-33-28-25-12-5-3-10-23(25)27(24-11-4-6-13-26(24)28)29(33)31(37)35(32(33)38)21-16-14-19(15-17-21)30(36)34-20-8-7-9-22(18-20)39-2/h3-18,27-29H,1-2H3,(H,34,36)/t27?,28?,29-,33+/m1/s1. The van der Waals surface area contributed by atoms with Crippen LogP contribution in [0, 0.1) is 11.3 Å². The van der Waals surface area contributed by atoms with Gasteiger partial charge in [0.05, 0.1) is 24.1 Å². The molecule has 1 saturated heterocycles. The zero-order valence-corrected chi connectivity index (χ0v) is 21.5. The smallest absolute Gasteiger partial charge is 0.255 e. The number of carbonyl (C=O) groups excluding carboxylic acids is 3. The monoisotopic (exact) mass is 514 g/mol. The Bertz CT molecular complexity index is 1630. The van der Waals surface area contributed by atoms with Crippen molar-refractivity contribution in [1.29, 1.82) is 0 Å². The molecule has 0 radical (unpaired) electrons. The lowest BCUT2D eigenvalue weighted by Crippen LogP contribution is -2.49. The Hall–Kier alpha value is -4.71. The van der Waals surface area contributed by atoms with Crippen LogP contribution in [0.3, 0.4) is 0 Å². The van der Waals surface area contributed by atoms with Gasteiger partial charge in [-0.05, 0) is 65.6 Å². The predicted octanol–water partition coefficient (Wildman–Crippen LogP) is 5.73. The van der Waals surface area contributed by atoms with E-state index >= 15 is 0 Å². The van der Waals surface area contributed by atoms with Crippen LogP contribution in [0.2, 0.25) is 0 Å². The Morgan fingerprint density at radius 1 is 0.821 bits per heavy atom. The van der Waals surface area contributed by atoms with E-state index in [2.05, 4.69) is 29.6 Å². The normalized spacial score (nSPS) is 24.2. The summed E-state index contributed by atoms with van der Waals surface area (Å²) < 4.78 is 5.22. The number of nitrogens with zero attached hydrogens (tertiary/aromatic N) is 1. The fourth-order valence-electron chi connectivity index (χ4n) is 7.03. The number of ether oxygens (including phenoxy) is 1. The van der Waals surface area contributed by atoms with Crippen molar-refractivity contribution in [1.82, 2.24) is 0 Å². The lowest BCUT2D eigenvalue weighted by atomic mass is 9.48. The molecule has 3 aliphatic carbocycles. The highest BCUT2D eigenvalue weighted by Gasteiger charge is 2.68. The van der Waals surface area contributed by atoms with Gasteiger partial charge in [-0.3, -0.25) is 14.4 Å². The molecule has 0 aromatic heterocycles. The summed E-state index contributed by atoms with van der Waals surface area (Å²) in [5, 5.41) is 2.86. The van der Waals surface area contributed by atoms with Gasteiger partial charge in [0.25, 0.3) is 5.91 Å². The highest BCUT2D eigenvalue weighted by molar-refractivity contribution is 6.25. The van der Waals surface area contributed by atoms with Crippen LogP contribution >= 0.6 is 0 Å². The first-order valence-electron chi connectivity index (χ1n) is 13.0. The molecule has 39 heavy (non-hydrogen) atoms. The maximum atomic E-state index is 14.2. The Balaban J connectivity index is 1.23. The van der Waals surface area contributed by atoms with Crippen molar-refractivity contribution >= 4 is 29.1 Å². The quantitative estimate of drug-likeness (QED) is 0.353. The number of hydrogen-bond donors (Lipinski definition) is 1. The van der Waals surface area contributed by atoms with Gasteiger partial charge in [-0.25, -0.2) is 4.90 Å². The van der Waals surface area contributed by atoms with Crippen LogP contribution in [-0.2, 0) is 9.59 Å². The van der Waals surface area contributed by atoms with Gasteiger partial charge < -0.3 is 10.1 Å². The second kappa shape index (κ2) is 8.40. The van der Waals surface area contributed by atoms with E-state index in [1.807, 2.05) is 31.2 Å². The third-order valence-electron chi connectivity index (χ3n) is 8.73. The van der Waals surface area contributed by atoms with E-state index < -0.39 is 11.3 Å². The van der Waals surface area contributed by atoms with Crippen molar-refractivity contribution in [3.63, 3.8) is 0 Å². The molecule has 1 aliphatic heterocycles.